The average Bonchev–Trinajstić information content (AvgIpc) is 2.73. The Labute approximate surface area is 167 Å². The second-order valence-corrected chi connectivity index (χ2v) is 6.60. The fourth-order valence-corrected chi connectivity index (χ4v) is 3.09. The van der Waals surface area contributed by atoms with Gasteiger partial charge in [0.25, 0.3) is 5.56 Å². The van der Waals surface area contributed by atoms with Crippen molar-refractivity contribution in [3.05, 3.63) is 87.6 Å². The van der Waals surface area contributed by atoms with Crippen LogP contribution in [0.4, 0.5) is 4.39 Å². The molecule has 0 bridgehead atoms. The lowest BCUT2D eigenvalue weighted by Crippen LogP contribution is -2.35. The third kappa shape index (κ3) is 4.75. The lowest BCUT2D eigenvalue weighted by molar-refractivity contribution is -0.121. The Morgan fingerprint density at radius 3 is 2.52 bits per heavy atom. The summed E-state index contributed by atoms with van der Waals surface area (Å²) in [6, 6.07) is 15.3. The second-order valence-electron chi connectivity index (χ2n) is 6.60. The number of rotatable bonds is 7. The fourth-order valence-electron chi connectivity index (χ4n) is 3.09. The largest absolute Gasteiger partial charge is 0.396 e. The van der Waals surface area contributed by atoms with Gasteiger partial charge in [0.2, 0.25) is 5.91 Å². The van der Waals surface area contributed by atoms with E-state index in [2.05, 4.69) is 10.3 Å². The van der Waals surface area contributed by atoms with Crippen LogP contribution in [0, 0.1) is 12.7 Å². The number of aryl methyl sites for hydroxylation is 1. The van der Waals surface area contributed by atoms with E-state index in [1.807, 2.05) is 18.2 Å². The number of aliphatic hydroxyl groups is 1. The maximum absolute atomic E-state index is 13.8. The zero-order chi connectivity index (χ0) is 20.8. The quantitative estimate of drug-likeness (QED) is 0.642. The summed E-state index contributed by atoms with van der Waals surface area (Å²) in [6.45, 7) is 1.27. The van der Waals surface area contributed by atoms with Crippen LogP contribution in [0.1, 0.15) is 16.8 Å². The molecule has 0 atom stereocenters. The zero-order valence-corrected chi connectivity index (χ0v) is 16.1. The third-order valence-electron chi connectivity index (χ3n) is 4.60. The van der Waals surface area contributed by atoms with Crippen LogP contribution in [-0.4, -0.2) is 27.2 Å². The molecule has 6 nitrogen and oxygen atoms in total. The standard InChI is InChI=1S/C22H22FN3O3/c1-15-18(11-12-27)22(29)26(21(25-15)16-7-3-2-4-8-16)14-20(28)24-13-17-9-5-6-10-19(17)23/h2-10,27H,11-14H2,1H3,(H,24,28). The van der Waals surface area contributed by atoms with E-state index >= 15 is 0 Å². The van der Waals surface area contributed by atoms with Crippen LogP contribution in [0.3, 0.4) is 0 Å². The summed E-state index contributed by atoms with van der Waals surface area (Å²) in [5.41, 5.74) is 1.58. The summed E-state index contributed by atoms with van der Waals surface area (Å²) in [5.74, 6) is -0.471. The van der Waals surface area contributed by atoms with Gasteiger partial charge in [-0.3, -0.25) is 14.2 Å². The molecule has 150 valence electrons. The van der Waals surface area contributed by atoms with Gasteiger partial charge in [-0.05, 0) is 13.0 Å². The molecule has 0 radical (unpaired) electrons. The molecule has 0 spiro atoms. The van der Waals surface area contributed by atoms with Gasteiger partial charge < -0.3 is 10.4 Å². The smallest absolute Gasteiger partial charge is 0.257 e. The van der Waals surface area contributed by atoms with Crippen molar-refractivity contribution in [2.45, 2.75) is 26.4 Å². The van der Waals surface area contributed by atoms with E-state index < -0.39 is 11.7 Å². The van der Waals surface area contributed by atoms with Gasteiger partial charge in [-0.25, -0.2) is 9.37 Å². The van der Waals surface area contributed by atoms with Crippen molar-refractivity contribution in [1.29, 1.82) is 0 Å². The minimum absolute atomic E-state index is 0.0176. The molecule has 0 aliphatic heterocycles. The van der Waals surface area contributed by atoms with Crippen molar-refractivity contribution in [3.63, 3.8) is 0 Å². The Bertz CT molecular complexity index is 1060. The molecule has 3 rings (SSSR count). The Morgan fingerprint density at radius 2 is 1.83 bits per heavy atom. The Balaban J connectivity index is 1.92. The third-order valence-corrected chi connectivity index (χ3v) is 4.60. The highest BCUT2D eigenvalue weighted by atomic mass is 19.1. The number of benzene rings is 2. The lowest BCUT2D eigenvalue weighted by Gasteiger charge is -2.16. The fraction of sp³-hybridized carbons (Fsp3) is 0.227. The number of amides is 1. The Hall–Kier alpha value is -3.32. The van der Waals surface area contributed by atoms with E-state index in [1.54, 1.807) is 37.3 Å². The lowest BCUT2D eigenvalue weighted by atomic mass is 10.1. The molecule has 7 heteroatoms. The number of nitrogens with one attached hydrogen (secondary N) is 1. The van der Waals surface area contributed by atoms with Gasteiger partial charge in [0.05, 0.1) is 0 Å². The molecule has 1 heterocycles. The van der Waals surface area contributed by atoms with Gasteiger partial charge >= 0.3 is 0 Å². The monoisotopic (exact) mass is 395 g/mol. The van der Waals surface area contributed by atoms with Crippen molar-refractivity contribution in [2.75, 3.05) is 6.61 Å². The maximum atomic E-state index is 13.8. The molecule has 3 aromatic rings. The highest BCUT2D eigenvalue weighted by molar-refractivity contribution is 5.76. The van der Waals surface area contributed by atoms with Gasteiger partial charge in [0, 0.05) is 42.0 Å². The number of hydrogen-bond donors (Lipinski definition) is 2. The first-order valence-corrected chi connectivity index (χ1v) is 9.28. The molecule has 0 saturated heterocycles. The number of carbonyl (C=O) groups is 1. The summed E-state index contributed by atoms with van der Waals surface area (Å²) < 4.78 is 15.1. The topological polar surface area (TPSA) is 84.2 Å². The van der Waals surface area contributed by atoms with E-state index in [4.69, 9.17) is 0 Å². The average molecular weight is 395 g/mol. The first-order chi connectivity index (χ1) is 14.0. The Kier molecular flexibility index (Phi) is 6.51. The van der Waals surface area contributed by atoms with E-state index in [1.165, 1.54) is 10.6 Å². The van der Waals surface area contributed by atoms with Crippen LogP contribution in [0.15, 0.2) is 59.4 Å². The van der Waals surface area contributed by atoms with Crippen LogP contribution >= 0.6 is 0 Å². The molecule has 0 aliphatic carbocycles. The molecule has 2 aromatic carbocycles. The molecular weight excluding hydrogens is 373 g/mol. The van der Waals surface area contributed by atoms with Gasteiger partial charge in [0.1, 0.15) is 18.2 Å². The van der Waals surface area contributed by atoms with Crippen LogP contribution < -0.4 is 10.9 Å². The van der Waals surface area contributed by atoms with Gasteiger partial charge in [-0.2, -0.15) is 0 Å². The van der Waals surface area contributed by atoms with Crippen molar-refractivity contribution in [2.24, 2.45) is 0 Å². The summed E-state index contributed by atoms with van der Waals surface area (Å²) >= 11 is 0. The summed E-state index contributed by atoms with van der Waals surface area (Å²) in [7, 11) is 0. The minimum Gasteiger partial charge on any atom is -0.396 e. The predicted molar refractivity (Wildman–Crippen MR) is 108 cm³/mol. The van der Waals surface area contributed by atoms with Crippen molar-refractivity contribution < 1.29 is 14.3 Å². The van der Waals surface area contributed by atoms with Crippen molar-refractivity contribution >= 4 is 5.91 Å². The molecule has 0 saturated carbocycles. The molecule has 1 aromatic heterocycles. The first-order valence-electron chi connectivity index (χ1n) is 9.28. The zero-order valence-electron chi connectivity index (χ0n) is 16.1. The number of aliphatic hydroxyl groups excluding tert-OH is 1. The van der Waals surface area contributed by atoms with E-state index in [0.29, 0.717) is 28.2 Å². The van der Waals surface area contributed by atoms with Gasteiger partial charge in [-0.1, -0.05) is 48.5 Å². The highest BCUT2D eigenvalue weighted by Crippen LogP contribution is 2.17. The van der Waals surface area contributed by atoms with Crippen molar-refractivity contribution in [3.8, 4) is 11.4 Å². The first kappa shape index (κ1) is 20.4. The number of nitrogens with zero attached hydrogens (tertiary/aromatic N) is 2. The van der Waals surface area contributed by atoms with Gasteiger partial charge in [-0.15, -0.1) is 0 Å². The minimum atomic E-state index is -0.437. The number of halogens is 1. The summed E-state index contributed by atoms with van der Waals surface area (Å²) in [4.78, 5) is 30.0. The molecule has 0 aliphatic rings. The SMILES string of the molecule is Cc1nc(-c2ccccc2)n(CC(=O)NCc2ccccc2F)c(=O)c1CCO. The highest BCUT2D eigenvalue weighted by Gasteiger charge is 2.17. The van der Waals surface area contributed by atoms with Crippen molar-refractivity contribution in [1.82, 2.24) is 14.9 Å². The molecule has 29 heavy (non-hydrogen) atoms. The molecule has 0 fully saturated rings. The molecule has 1 amide bonds. The van der Waals surface area contributed by atoms with Crippen LogP contribution in [-0.2, 0) is 24.3 Å². The predicted octanol–water partition coefficient (Wildman–Crippen LogP) is 2.21. The van der Waals surface area contributed by atoms with E-state index in [9.17, 15) is 19.1 Å². The van der Waals surface area contributed by atoms with Gasteiger partial charge in [0.15, 0.2) is 0 Å². The normalized spacial score (nSPS) is 10.7. The second kappa shape index (κ2) is 9.25. The molecule has 0 unspecified atom stereocenters. The molecular formula is C22H22FN3O3. The Morgan fingerprint density at radius 1 is 1.14 bits per heavy atom. The van der Waals surface area contributed by atoms with Crippen LogP contribution in [0.25, 0.3) is 11.4 Å². The summed E-state index contributed by atoms with van der Waals surface area (Å²) in [5, 5.41) is 11.9. The molecule has 2 N–H and O–H groups in total. The number of hydrogen-bond acceptors (Lipinski definition) is 4. The van der Waals surface area contributed by atoms with Crippen LogP contribution in [0.2, 0.25) is 0 Å². The summed E-state index contributed by atoms with van der Waals surface area (Å²) in [6.07, 6.45) is 0.156. The van der Waals surface area contributed by atoms with E-state index in [-0.39, 0.29) is 31.7 Å². The van der Waals surface area contributed by atoms with Crippen LogP contribution in [0.5, 0.6) is 0 Å². The number of carbonyl (C=O) groups excluding carboxylic acids is 1. The number of aromatic nitrogens is 2. The van der Waals surface area contributed by atoms with E-state index in [0.717, 1.165) is 0 Å². The maximum Gasteiger partial charge on any atom is 0.257 e.